The number of aryl methyl sites for hydroxylation is 1. The lowest BCUT2D eigenvalue weighted by Gasteiger charge is -2.33. The van der Waals surface area contributed by atoms with Crippen molar-refractivity contribution < 1.29 is 17.9 Å². The zero-order chi connectivity index (χ0) is 24.6. The van der Waals surface area contributed by atoms with Gasteiger partial charge in [0.25, 0.3) is 15.9 Å². The zero-order valence-corrected chi connectivity index (χ0v) is 20.1. The molecular formula is C24H26N6O4S. The van der Waals surface area contributed by atoms with Crippen LogP contribution in [-0.4, -0.2) is 59.3 Å². The Morgan fingerprint density at radius 3 is 2.89 bits per heavy atom. The van der Waals surface area contributed by atoms with Gasteiger partial charge in [-0.05, 0) is 43.5 Å². The molecule has 5 rings (SSSR count). The van der Waals surface area contributed by atoms with Gasteiger partial charge in [-0.1, -0.05) is 12.1 Å². The first kappa shape index (κ1) is 23.0. The van der Waals surface area contributed by atoms with Gasteiger partial charge in [0.1, 0.15) is 23.2 Å². The average molecular weight is 495 g/mol. The molecule has 0 bridgehead atoms. The third kappa shape index (κ3) is 4.76. The normalized spacial score (nSPS) is 19.1. The number of fused-ring (bicyclic) bond motifs is 1. The number of benzene rings is 1. The largest absolute Gasteiger partial charge is 0.492 e. The minimum atomic E-state index is -3.61. The Kier molecular flexibility index (Phi) is 6.01. The van der Waals surface area contributed by atoms with Crippen LogP contribution < -0.4 is 10.5 Å². The summed E-state index contributed by atoms with van der Waals surface area (Å²) in [4.78, 5) is 23.7. The van der Waals surface area contributed by atoms with E-state index < -0.39 is 10.0 Å². The van der Waals surface area contributed by atoms with Gasteiger partial charge in [0.15, 0.2) is 0 Å². The fourth-order valence-electron chi connectivity index (χ4n) is 4.61. The van der Waals surface area contributed by atoms with Crippen LogP contribution in [0.1, 0.15) is 40.2 Å². The molecule has 2 aliphatic heterocycles. The number of amides is 1. The Morgan fingerprint density at radius 2 is 2.09 bits per heavy atom. The highest BCUT2D eigenvalue weighted by Gasteiger charge is 2.28. The number of piperidine rings is 1. The van der Waals surface area contributed by atoms with Crippen molar-refractivity contribution in [3.8, 4) is 11.6 Å². The minimum Gasteiger partial charge on any atom is -0.492 e. The van der Waals surface area contributed by atoms with E-state index in [1.165, 1.54) is 0 Å². The molecule has 1 saturated heterocycles. The van der Waals surface area contributed by atoms with Gasteiger partial charge in [0, 0.05) is 43.2 Å². The predicted octanol–water partition coefficient (Wildman–Crippen LogP) is 2.06. The van der Waals surface area contributed by atoms with E-state index in [-0.39, 0.29) is 23.4 Å². The molecule has 4 heterocycles. The second-order valence-electron chi connectivity index (χ2n) is 8.81. The fourth-order valence-corrected chi connectivity index (χ4v) is 5.70. The zero-order valence-electron chi connectivity index (χ0n) is 19.3. The lowest BCUT2D eigenvalue weighted by molar-refractivity contribution is 0.0633. The van der Waals surface area contributed by atoms with Crippen LogP contribution in [0.15, 0.2) is 53.3 Å². The van der Waals surface area contributed by atoms with Crippen LogP contribution in [0, 0.1) is 12.8 Å². The highest BCUT2D eigenvalue weighted by atomic mass is 32.2. The maximum absolute atomic E-state index is 13.3. The number of aromatic nitrogens is 3. The van der Waals surface area contributed by atoms with Gasteiger partial charge in [-0.15, -0.1) is 4.40 Å². The van der Waals surface area contributed by atoms with Gasteiger partial charge < -0.3 is 15.4 Å². The van der Waals surface area contributed by atoms with Crippen molar-refractivity contribution in [2.45, 2.75) is 25.5 Å². The molecule has 0 unspecified atom stereocenters. The van der Waals surface area contributed by atoms with Crippen LogP contribution in [-0.2, 0) is 15.8 Å². The van der Waals surface area contributed by atoms with Crippen molar-refractivity contribution in [1.29, 1.82) is 0 Å². The topological polar surface area (TPSA) is 133 Å². The number of hydrogen-bond donors (Lipinski definition) is 1. The molecule has 1 atom stereocenters. The van der Waals surface area contributed by atoms with Crippen LogP contribution in [0.25, 0.3) is 5.82 Å². The van der Waals surface area contributed by atoms with Crippen molar-refractivity contribution in [2.24, 2.45) is 16.0 Å². The molecule has 0 spiro atoms. The second kappa shape index (κ2) is 9.14. The highest BCUT2D eigenvalue weighted by Crippen LogP contribution is 2.29. The van der Waals surface area contributed by atoms with Gasteiger partial charge in [0.2, 0.25) is 0 Å². The van der Waals surface area contributed by atoms with Crippen molar-refractivity contribution in [3.63, 3.8) is 0 Å². The summed E-state index contributed by atoms with van der Waals surface area (Å²) in [6.45, 7) is 3.51. The first-order valence-corrected chi connectivity index (χ1v) is 13.0. The SMILES string of the molecule is Cc1nccn1-c1cc(C(=O)N2CCC[C@H](COc3cccc4c3C(N)=NS(=O)(=O)C4)C2)ccn1. The quantitative estimate of drug-likeness (QED) is 0.574. The third-order valence-electron chi connectivity index (χ3n) is 6.29. The first-order valence-electron chi connectivity index (χ1n) is 11.4. The predicted molar refractivity (Wildman–Crippen MR) is 130 cm³/mol. The average Bonchev–Trinajstić information content (AvgIpc) is 3.27. The van der Waals surface area contributed by atoms with Crippen molar-refractivity contribution in [3.05, 3.63) is 71.4 Å². The van der Waals surface area contributed by atoms with E-state index in [0.29, 0.717) is 48.0 Å². The van der Waals surface area contributed by atoms with E-state index in [1.54, 1.807) is 42.7 Å². The van der Waals surface area contributed by atoms with Crippen LogP contribution in [0.5, 0.6) is 5.75 Å². The molecule has 1 amide bonds. The summed E-state index contributed by atoms with van der Waals surface area (Å²) in [6, 6.07) is 8.74. The summed E-state index contributed by atoms with van der Waals surface area (Å²) in [5.74, 6) is 1.79. The number of carbonyl (C=O) groups is 1. The van der Waals surface area contributed by atoms with Crippen LogP contribution in [0.4, 0.5) is 0 Å². The van der Waals surface area contributed by atoms with E-state index in [4.69, 9.17) is 10.5 Å². The van der Waals surface area contributed by atoms with E-state index >= 15 is 0 Å². The van der Waals surface area contributed by atoms with Crippen LogP contribution in [0.2, 0.25) is 0 Å². The number of imidazole rings is 1. The Balaban J connectivity index is 1.27. The van der Waals surface area contributed by atoms with Crippen molar-refractivity contribution in [1.82, 2.24) is 19.4 Å². The number of rotatable bonds is 5. The number of nitrogens with two attached hydrogens (primary N) is 1. The Labute approximate surface area is 203 Å². The molecule has 11 heteroatoms. The summed E-state index contributed by atoms with van der Waals surface area (Å²) in [6.07, 6.45) is 6.94. The van der Waals surface area contributed by atoms with Gasteiger partial charge in [0.05, 0.1) is 17.9 Å². The number of hydrogen-bond acceptors (Lipinski definition) is 7. The molecular weight excluding hydrogens is 468 g/mol. The molecule has 0 radical (unpaired) electrons. The third-order valence-corrected chi connectivity index (χ3v) is 7.44. The smallest absolute Gasteiger partial charge is 0.259 e. The lowest BCUT2D eigenvalue weighted by atomic mass is 9.98. The molecule has 10 nitrogen and oxygen atoms in total. The molecule has 2 aromatic heterocycles. The molecule has 1 aromatic carbocycles. The molecule has 1 fully saturated rings. The van der Waals surface area contributed by atoms with E-state index in [1.807, 2.05) is 22.6 Å². The molecule has 2 aliphatic rings. The lowest BCUT2D eigenvalue weighted by Crippen LogP contribution is -2.41. The number of nitrogens with zero attached hydrogens (tertiary/aromatic N) is 5. The van der Waals surface area contributed by atoms with Gasteiger partial charge >= 0.3 is 0 Å². The summed E-state index contributed by atoms with van der Waals surface area (Å²) in [5.41, 5.74) is 7.63. The van der Waals surface area contributed by atoms with E-state index in [2.05, 4.69) is 14.4 Å². The van der Waals surface area contributed by atoms with Gasteiger partial charge in [-0.2, -0.15) is 0 Å². The Hall–Kier alpha value is -3.73. The number of carbonyl (C=O) groups excluding carboxylic acids is 1. The number of sulfonamides is 1. The number of ether oxygens (including phenoxy) is 1. The first-order chi connectivity index (χ1) is 16.8. The fraction of sp³-hybridized carbons (Fsp3) is 0.333. The molecule has 182 valence electrons. The monoisotopic (exact) mass is 494 g/mol. The maximum atomic E-state index is 13.3. The standard InChI is InChI=1S/C24H26N6O4S/c1-16-26-9-11-30(16)21-12-18(7-8-27-21)24(31)29-10-3-4-17(13-29)14-34-20-6-2-5-19-15-35(32,33)28-23(25)22(19)20/h2,5-9,11-12,17H,3-4,10,13-15H2,1H3,(H2,25,28)/t17-/m0/s1. The molecule has 35 heavy (non-hydrogen) atoms. The highest BCUT2D eigenvalue weighted by molar-refractivity contribution is 7.89. The second-order valence-corrected chi connectivity index (χ2v) is 10.4. The van der Waals surface area contributed by atoms with E-state index in [9.17, 15) is 13.2 Å². The Morgan fingerprint density at radius 1 is 1.23 bits per heavy atom. The maximum Gasteiger partial charge on any atom is 0.259 e. The molecule has 0 aliphatic carbocycles. The summed E-state index contributed by atoms with van der Waals surface area (Å²) in [7, 11) is -3.61. The van der Waals surface area contributed by atoms with Crippen LogP contribution in [0.3, 0.4) is 0 Å². The van der Waals surface area contributed by atoms with Gasteiger partial charge in [-0.25, -0.2) is 18.4 Å². The minimum absolute atomic E-state index is 0.0465. The van der Waals surface area contributed by atoms with E-state index in [0.717, 1.165) is 18.7 Å². The summed E-state index contributed by atoms with van der Waals surface area (Å²) >= 11 is 0. The molecule has 0 saturated carbocycles. The molecule has 3 aromatic rings. The number of amidine groups is 1. The summed E-state index contributed by atoms with van der Waals surface area (Å²) in [5, 5.41) is 0. The summed E-state index contributed by atoms with van der Waals surface area (Å²) < 4.78 is 35.4. The molecule has 2 N–H and O–H groups in total. The van der Waals surface area contributed by atoms with Crippen LogP contribution >= 0.6 is 0 Å². The number of pyridine rings is 1. The van der Waals surface area contributed by atoms with Gasteiger partial charge in [-0.3, -0.25) is 9.36 Å². The number of likely N-dealkylation sites (tertiary alicyclic amines) is 1. The Bertz CT molecular complexity index is 1410. The van der Waals surface area contributed by atoms with Crippen molar-refractivity contribution >= 4 is 21.8 Å². The van der Waals surface area contributed by atoms with Crippen molar-refractivity contribution in [2.75, 3.05) is 19.7 Å².